The van der Waals surface area contributed by atoms with E-state index in [2.05, 4.69) is 29.4 Å². The van der Waals surface area contributed by atoms with Gasteiger partial charge in [0.25, 0.3) is 0 Å². The summed E-state index contributed by atoms with van der Waals surface area (Å²) in [5.41, 5.74) is 1.93. The number of anilines is 1. The van der Waals surface area contributed by atoms with Crippen molar-refractivity contribution in [2.75, 3.05) is 39.1 Å². The molecule has 1 aliphatic rings. The van der Waals surface area contributed by atoms with Gasteiger partial charge in [-0.25, -0.2) is 4.79 Å². The van der Waals surface area contributed by atoms with E-state index in [4.69, 9.17) is 4.74 Å². The molecule has 1 heterocycles. The molecular weight excluding hydrogens is 302 g/mol. The third kappa shape index (κ3) is 3.68. The predicted molar refractivity (Wildman–Crippen MR) is 95.4 cm³/mol. The molecule has 0 saturated carbocycles. The molecule has 0 radical (unpaired) electrons. The number of rotatable bonds is 3. The molecule has 2 aromatic carbocycles. The summed E-state index contributed by atoms with van der Waals surface area (Å²) in [5, 5.41) is 2.99. The first-order valence-electron chi connectivity index (χ1n) is 8.12. The second kappa shape index (κ2) is 7.36. The van der Waals surface area contributed by atoms with Crippen LogP contribution in [0, 0.1) is 0 Å². The fraction of sp³-hybridized carbons (Fsp3) is 0.316. The number of methoxy groups -OCH3 is 1. The summed E-state index contributed by atoms with van der Waals surface area (Å²) in [6, 6.07) is 17.6. The topological polar surface area (TPSA) is 44.8 Å². The highest BCUT2D eigenvalue weighted by Crippen LogP contribution is 2.26. The van der Waals surface area contributed by atoms with Crippen LogP contribution in [0.15, 0.2) is 54.6 Å². The van der Waals surface area contributed by atoms with Crippen LogP contribution in [0.5, 0.6) is 5.75 Å². The maximum Gasteiger partial charge on any atom is 0.322 e. The smallest absolute Gasteiger partial charge is 0.322 e. The number of nitrogens with one attached hydrogen (secondary N) is 1. The number of hydrogen-bond acceptors (Lipinski definition) is 3. The molecule has 3 rings (SSSR count). The van der Waals surface area contributed by atoms with Gasteiger partial charge in [0.1, 0.15) is 5.75 Å². The van der Waals surface area contributed by atoms with Gasteiger partial charge in [-0.3, -0.25) is 0 Å². The molecule has 1 aliphatic heterocycles. The average molecular weight is 325 g/mol. The Morgan fingerprint density at radius 2 is 1.79 bits per heavy atom. The van der Waals surface area contributed by atoms with Gasteiger partial charge in [0.15, 0.2) is 0 Å². The van der Waals surface area contributed by atoms with Crippen LogP contribution in [0.3, 0.4) is 0 Å². The van der Waals surface area contributed by atoms with E-state index >= 15 is 0 Å². The van der Waals surface area contributed by atoms with Crippen molar-refractivity contribution in [2.24, 2.45) is 0 Å². The van der Waals surface area contributed by atoms with Gasteiger partial charge in [-0.05, 0) is 36.9 Å². The van der Waals surface area contributed by atoms with Crippen molar-refractivity contribution in [2.45, 2.75) is 6.04 Å². The fourth-order valence-corrected chi connectivity index (χ4v) is 2.99. The molecule has 1 saturated heterocycles. The number of benzene rings is 2. The van der Waals surface area contributed by atoms with Gasteiger partial charge in [0.05, 0.1) is 13.2 Å². The molecule has 0 bridgehead atoms. The van der Waals surface area contributed by atoms with Crippen molar-refractivity contribution in [1.82, 2.24) is 9.80 Å². The number of amides is 2. The number of nitrogens with zero attached hydrogens (tertiary/aromatic N) is 2. The lowest BCUT2D eigenvalue weighted by molar-refractivity contribution is 0.117. The SMILES string of the molecule is COc1ccc(NC(=O)N2CCN(C)CC2c2ccccc2)cc1. The molecule has 126 valence electrons. The predicted octanol–water partition coefficient (Wildman–Crippen LogP) is 3.22. The Bertz CT molecular complexity index is 673. The first kappa shape index (κ1) is 16.3. The van der Waals surface area contributed by atoms with Crippen molar-refractivity contribution in [3.05, 3.63) is 60.2 Å². The highest BCUT2D eigenvalue weighted by atomic mass is 16.5. The summed E-state index contributed by atoms with van der Waals surface area (Å²) in [6.07, 6.45) is 0. The molecule has 1 N–H and O–H groups in total. The average Bonchev–Trinajstić information content (AvgIpc) is 2.63. The first-order valence-corrected chi connectivity index (χ1v) is 8.12. The third-order valence-corrected chi connectivity index (χ3v) is 4.37. The maximum atomic E-state index is 12.8. The Morgan fingerprint density at radius 3 is 2.46 bits per heavy atom. The molecule has 5 nitrogen and oxygen atoms in total. The summed E-state index contributed by atoms with van der Waals surface area (Å²) >= 11 is 0. The Hall–Kier alpha value is -2.53. The molecule has 1 unspecified atom stereocenters. The second-order valence-corrected chi connectivity index (χ2v) is 6.04. The molecule has 0 aromatic heterocycles. The number of carbonyl (C=O) groups is 1. The van der Waals surface area contributed by atoms with E-state index in [0.29, 0.717) is 6.54 Å². The summed E-state index contributed by atoms with van der Waals surface area (Å²) in [4.78, 5) is 17.0. The van der Waals surface area contributed by atoms with E-state index in [1.807, 2.05) is 47.4 Å². The van der Waals surface area contributed by atoms with Gasteiger partial charge in [-0.1, -0.05) is 30.3 Å². The van der Waals surface area contributed by atoms with E-state index in [-0.39, 0.29) is 12.1 Å². The van der Waals surface area contributed by atoms with Gasteiger partial charge in [-0.15, -0.1) is 0 Å². The van der Waals surface area contributed by atoms with Crippen molar-refractivity contribution < 1.29 is 9.53 Å². The molecule has 1 fully saturated rings. The van der Waals surface area contributed by atoms with Crippen LogP contribution >= 0.6 is 0 Å². The maximum absolute atomic E-state index is 12.8. The third-order valence-electron chi connectivity index (χ3n) is 4.37. The number of likely N-dealkylation sites (N-methyl/N-ethyl adjacent to an activating group) is 1. The van der Waals surface area contributed by atoms with Crippen LogP contribution in [0.2, 0.25) is 0 Å². The minimum Gasteiger partial charge on any atom is -0.497 e. The normalized spacial score (nSPS) is 18.2. The number of ether oxygens (including phenoxy) is 1. The second-order valence-electron chi connectivity index (χ2n) is 6.04. The minimum absolute atomic E-state index is 0.0585. The molecular formula is C19H23N3O2. The van der Waals surface area contributed by atoms with E-state index in [1.165, 1.54) is 0 Å². The minimum atomic E-state index is -0.0675. The monoisotopic (exact) mass is 325 g/mol. The molecule has 5 heteroatoms. The molecule has 24 heavy (non-hydrogen) atoms. The van der Waals surface area contributed by atoms with Crippen molar-refractivity contribution in [3.8, 4) is 5.75 Å². The van der Waals surface area contributed by atoms with E-state index < -0.39 is 0 Å². The summed E-state index contributed by atoms with van der Waals surface area (Å²) in [5.74, 6) is 0.773. The Labute approximate surface area is 142 Å². The highest BCUT2D eigenvalue weighted by molar-refractivity contribution is 5.89. The van der Waals surface area contributed by atoms with Gasteiger partial charge in [0.2, 0.25) is 0 Å². The fourth-order valence-electron chi connectivity index (χ4n) is 2.99. The molecule has 1 atom stereocenters. The first-order chi connectivity index (χ1) is 11.7. The zero-order valence-corrected chi connectivity index (χ0v) is 14.1. The van der Waals surface area contributed by atoms with Crippen molar-refractivity contribution >= 4 is 11.7 Å². The van der Waals surface area contributed by atoms with E-state index in [1.54, 1.807) is 7.11 Å². The molecule has 2 amide bonds. The van der Waals surface area contributed by atoms with Crippen LogP contribution in [0.4, 0.5) is 10.5 Å². The highest BCUT2D eigenvalue weighted by Gasteiger charge is 2.30. The summed E-state index contributed by atoms with van der Waals surface area (Å²) in [6.45, 7) is 2.41. The van der Waals surface area contributed by atoms with Gasteiger partial charge in [0, 0.05) is 25.3 Å². The summed E-state index contributed by atoms with van der Waals surface area (Å²) < 4.78 is 5.15. The van der Waals surface area contributed by atoms with Crippen LogP contribution in [0.25, 0.3) is 0 Å². The lowest BCUT2D eigenvalue weighted by atomic mass is 10.0. The van der Waals surface area contributed by atoms with Crippen molar-refractivity contribution in [1.29, 1.82) is 0 Å². The zero-order chi connectivity index (χ0) is 16.9. The van der Waals surface area contributed by atoms with Crippen LogP contribution < -0.4 is 10.1 Å². The molecule has 2 aromatic rings. The van der Waals surface area contributed by atoms with Crippen LogP contribution in [-0.4, -0.2) is 49.6 Å². The zero-order valence-electron chi connectivity index (χ0n) is 14.1. The lowest BCUT2D eigenvalue weighted by Crippen LogP contribution is -2.50. The quantitative estimate of drug-likeness (QED) is 0.942. The number of carbonyl (C=O) groups excluding carboxylic acids is 1. The Morgan fingerprint density at radius 1 is 1.08 bits per heavy atom. The van der Waals surface area contributed by atoms with Gasteiger partial charge < -0.3 is 19.9 Å². The Balaban J connectivity index is 1.75. The number of hydrogen-bond donors (Lipinski definition) is 1. The summed E-state index contributed by atoms with van der Waals surface area (Å²) in [7, 11) is 3.72. The van der Waals surface area contributed by atoms with Crippen LogP contribution in [0.1, 0.15) is 11.6 Å². The standard InChI is InChI=1S/C19H23N3O2/c1-21-12-13-22(18(14-21)15-6-4-3-5-7-15)19(23)20-16-8-10-17(24-2)11-9-16/h3-11,18H,12-14H2,1-2H3,(H,20,23). The molecule has 0 aliphatic carbocycles. The van der Waals surface area contributed by atoms with E-state index in [9.17, 15) is 4.79 Å². The van der Waals surface area contributed by atoms with E-state index in [0.717, 1.165) is 30.1 Å². The number of urea groups is 1. The Kier molecular flexibility index (Phi) is 5.01. The van der Waals surface area contributed by atoms with Gasteiger partial charge in [-0.2, -0.15) is 0 Å². The largest absolute Gasteiger partial charge is 0.497 e. The number of piperazine rings is 1. The van der Waals surface area contributed by atoms with Gasteiger partial charge >= 0.3 is 6.03 Å². The van der Waals surface area contributed by atoms with Crippen molar-refractivity contribution in [3.63, 3.8) is 0 Å². The lowest BCUT2D eigenvalue weighted by Gasteiger charge is -2.40. The molecule has 0 spiro atoms. The van der Waals surface area contributed by atoms with Crippen LogP contribution in [-0.2, 0) is 0 Å².